The lowest BCUT2D eigenvalue weighted by atomic mass is 10.0. The van der Waals surface area contributed by atoms with E-state index in [0.29, 0.717) is 0 Å². The first-order valence-electron chi connectivity index (χ1n) is 6.15. The lowest BCUT2D eigenvalue weighted by molar-refractivity contribution is -0.140. The summed E-state index contributed by atoms with van der Waals surface area (Å²) in [7, 11) is 0. The van der Waals surface area contributed by atoms with Gasteiger partial charge in [0.15, 0.2) is 0 Å². The lowest BCUT2D eigenvalue weighted by Crippen LogP contribution is -2.36. The zero-order valence-corrected chi connectivity index (χ0v) is 11.6. The standard InChI is InChI=1S/2C6H13NO2/c2*1-3-4(2)5(7)6(8)9/h2*4-5H,3,7H2,1-2H3,(H,8,9)/t2*4?,5-/m00/s1. The van der Waals surface area contributed by atoms with Crippen molar-refractivity contribution in [1.82, 2.24) is 0 Å². The Labute approximate surface area is 108 Å². The molecular formula is C12H26N2O4. The van der Waals surface area contributed by atoms with Gasteiger partial charge >= 0.3 is 11.9 Å². The molecule has 0 rings (SSSR count). The summed E-state index contributed by atoms with van der Waals surface area (Å²) in [6.45, 7) is 7.51. The van der Waals surface area contributed by atoms with Crippen molar-refractivity contribution in [2.75, 3.05) is 0 Å². The van der Waals surface area contributed by atoms with Crippen molar-refractivity contribution in [2.45, 2.75) is 52.6 Å². The summed E-state index contributed by atoms with van der Waals surface area (Å²) in [6, 6.07) is -1.40. The van der Waals surface area contributed by atoms with Crippen LogP contribution in [0.1, 0.15) is 40.5 Å². The van der Waals surface area contributed by atoms with Gasteiger partial charge in [-0.05, 0) is 11.8 Å². The van der Waals surface area contributed by atoms with Crippen molar-refractivity contribution in [3.8, 4) is 0 Å². The molecule has 0 amide bonds. The van der Waals surface area contributed by atoms with Gasteiger partial charge in [0.05, 0.1) is 0 Å². The minimum absolute atomic E-state index is 0.0718. The molecule has 18 heavy (non-hydrogen) atoms. The van der Waals surface area contributed by atoms with E-state index >= 15 is 0 Å². The smallest absolute Gasteiger partial charge is 0.320 e. The zero-order chi connectivity index (χ0) is 14.9. The molecule has 0 saturated carbocycles. The maximum absolute atomic E-state index is 10.2. The monoisotopic (exact) mass is 262 g/mol. The quantitative estimate of drug-likeness (QED) is 0.563. The number of rotatable bonds is 6. The minimum atomic E-state index is -0.913. The van der Waals surface area contributed by atoms with Crippen LogP contribution in [0, 0.1) is 11.8 Å². The van der Waals surface area contributed by atoms with E-state index in [2.05, 4.69) is 0 Å². The first kappa shape index (κ1) is 19.2. The Hall–Kier alpha value is -1.14. The molecule has 0 spiro atoms. The molecule has 0 aromatic rings. The normalized spacial score (nSPS) is 16.8. The van der Waals surface area contributed by atoms with Gasteiger partial charge in [0.25, 0.3) is 0 Å². The minimum Gasteiger partial charge on any atom is -0.480 e. The van der Waals surface area contributed by atoms with Crippen LogP contribution in [0.4, 0.5) is 0 Å². The number of nitrogens with two attached hydrogens (primary N) is 2. The Morgan fingerprint density at radius 1 is 0.889 bits per heavy atom. The van der Waals surface area contributed by atoms with Gasteiger partial charge in [-0.1, -0.05) is 40.5 Å². The predicted molar refractivity (Wildman–Crippen MR) is 70.1 cm³/mol. The molecule has 4 atom stereocenters. The van der Waals surface area contributed by atoms with Gasteiger partial charge in [-0.3, -0.25) is 9.59 Å². The highest BCUT2D eigenvalue weighted by molar-refractivity contribution is 5.73. The topological polar surface area (TPSA) is 127 Å². The van der Waals surface area contributed by atoms with Crippen LogP contribution in [0.25, 0.3) is 0 Å². The first-order chi connectivity index (χ1) is 8.18. The summed E-state index contributed by atoms with van der Waals surface area (Å²) in [6.07, 6.45) is 1.63. The van der Waals surface area contributed by atoms with E-state index in [1.807, 2.05) is 27.7 Å². The summed E-state index contributed by atoms with van der Waals surface area (Å²) in [5, 5.41) is 16.7. The molecule has 2 unspecified atom stereocenters. The highest BCUT2D eigenvalue weighted by Gasteiger charge is 2.17. The molecule has 0 aliphatic heterocycles. The van der Waals surface area contributed by atoms with E-state index in [1.54, 1.807) is 0 Å². The van der Waals surface area contributed by atoms with Gasteiger partial charge in [-0.25, -0.2) is 0 Å². The number of carbonyl (C=O) groups is 2. The van der Waals surface area contributed by atoms with E-state index in [-0.39, 0.29) is 11.8 Å². The summed E-state index contributed by atoms with van der Waals surface area (Å²) in [4.78, 5) is 20.3. The largest absolute Gasteiger partial charge is 0.480 e. The third-order valence-electron chi connectivity index (χ3n) is 3.08. The Morgan fingerprint density at radius 3 is 1.17 bits per heavy atom. The van der Waals surface area contributed by atoms with E-state index in [1.165, 1.54) is 0 Å². The molecule has 0 radical (unpaired) electrons. The molecule has 0 saturated heterocycles. The summed E-state index contributed by atoms with van der Waals surface area (Å²) >= 11 is 0. The second-order valence-corrected chi connectivity index (χ2v) is 4.50. The average molecular weight is 262 g/mol. The Balaban J connectivity index is 0. The van der Waals surface area contributed by atoms with Crippen molar-refractivity contribution in [1.29, 1.82) is 0 Å². The first-order valence-corrected chi connectivity index (χ1v) is 6.15. The molecule has 108 valence electrons. The fourth-order valence-electron chi connectivity index (χ4n) is 0.995. The molecule has 0 aliphatic carbocycles. The molecule has 6 nitrogen and oxygen atoms in total. The van der Waals surface area contributed by atoms with Crippen LogP contribution >= 0.6 is 0 Å². The second-order valence-electron chi connectivity index (χ2n) is 4.50. The highest BCUT2D eigenvalue weighted by atomic mass is 16.4. The second kappa shape index (κ2) is 9.85. The van der Waals surface area contributed by atoms with Crippen LogP contribution < -0.4 is 11.5 Å². The Bertz CT molecular complexity index is 232. The molecule has 6 N–H and O–H groups in total. The Morgan fingerprint density at radius 2 is 1.11 bits per heavy atom. The Kier molecular flexibility index (Phi) is 10.5. The summed E-state index contributed by atoms with van der Waals surface area (Å²) < 4.78 is 0. The van der Waals surface area contributed by atoms with Crippen molar-refractivity contribution in [3.63, 3.8) is 0 Å². The maximum Gasteiger partial charge on any atom is 0.320 e. The summed E-state index contributed by atoms with van der Waals surface area (Å²) in [5.41, 5.74) is 10.5. The zero-order valence-electron chi connectivity index (χ0n) is 11.6. The van der Waals surface area contributed by atoms with Crippen molar-refractivity contribution in [3.05, 3.63) is 0 Å². The number of hydrogen-bond acceptors (Lipinski definition) is 4. The van der Waals surface area contributed by atoms with Gasteiger partial charge < -0.3 is 21.7 Å². The van der Waals surface area contributed by atoms with E-state index in [9.17, 15) is 9.59 Å². The SMILES string of the molecule is CCC(C)[C@H](N)C(=O)O.CCC(C)[C@H](N)C(=O)O. The van der Waals surface area contributed by atoms with E-state index < -0.39 is 24.0 Å². The third kappa shape index (κ3) is 8.03. The van der Waals surface area contributed by atoms with Gasteiger partial charge in [-0.15, -0.1) is 0 Å². The predicted octanol–water partition coefficient (Wildman–Crippen LogP) is 0.889. The van der Waals surface area contributed by atoms with Crippen LogP contribution in [0.5, 0.6) is 0 Å². The fourth-order valence-corrected chi connectivity index (χ4v) is 0.995. The summed E-state index contributed by atoms with van der Waals surface area (Å²) in [5.74, 6) is -1.68. The third-order valence-corrected chi connectivity index (χ3v) is 3.08. The average Bonchev–Trinajstić information content (AvgIpc) is 2.35. The van der Waals surface area contributed by atoms with Crippen LogP contribution in [-0.2, 0) is 9.59 Å². The van der Waals surface area contributed by atoms with Gasteiger partial charge in [0.1, 0.15) is 12.1 Å². The molecule has 0 aromatic carbocycles. The van der Waals surface area contributed by atoms with Gasteiger partial charge in [-0.2, -0.15) is 0 Å². The molecule has 0 aromatic heterocycles. The fraction of sp³-hybridized carbons (Fsp3) is 0.833. The van der Waals surface area contributed by atoms with Crippen molar-refractivity contribution < 1.29 is 19.8 Å². The van der Waals surface area contributed by atoms with Crippen molar-refractivity contribution >= 4 is 11.9 Å². The van der Waals surface area contributed by atoms with Gasteiger partial charge in [0.2, 0.25) is 0 Å². The molecule has 0 bridgehead atoms. The van der Waals surface area contributed by atoms with Crippen LogP contribution in [0.2, 0.25) is 0 Å². The van der Waals surface area contributed by atoms with Crippen LogP contribution in [0.15, 0.2) is 0 Å². The highest BCUT2D eigenvalue weighted by Crippen LogP contribution is 2.04. The van der Waals surface area contributed by atoms with Gasteiger partial charge in [0, 0.05) is 0 Å². The van der Waals surface area contributed by atoms with E-state index in [4.69, 9.17) is 21.7 Å². The van der Waals surface area contributed by atoms with E-state index in [0.717, 1.165) is 12.8 Å². The van der Waals surface area contributed by atoms with Crippen LogP contribution in [-0.4, -0.2) is 34.2 Å². The number of carboxylic acids is 2. The molecule has 0 fully saturated rings. The van der Waals surface area contributed by atoms with Crippen LogP contribution in [0.3, 0.4) is 0 Å². The number of hydrogen-bond donors (Lipinski definition) is 4. The molecular weight excluding hydrogens is 236 g/mol. The number of aliphatic carboxylic acids is 2. The molecule has 0 heterocycles. The number of carboxylic acid groups (broad SMARTS) is 2. The van der Waals surface area contributed by atoms with Crippen molar-refractivity contribution in [2.24, 2.45) is 23.3 Å². The lowest BCUT2D eigenvalue weighted by Gasteiger charge is -2.11. The molecule has 6 heteroatoms. The maximum atomic E-state index is 10.2. The molecule has 0 aliphatic rings.